The summed E-state index contributed by atoms with van der Waals surface area (Å²) in [5, 5.41) is 7.02. The number of fused-ring (bicyclic) bond motifs is 1. The zero-order valence-electron chi connectivity index (χ0n) is 22.7. The molecule has 1 unspecified atom stereocenters. The Morgan fingerprint density at radius 1 is 0.975 bits per heavy atom. The summed E-state index contributed by atoms with van der Waals surface area (Å²) in [5.74, 6) is 0.703. The Bertz CT molecular complexity index is 1470. The standard InChI is InChI=1S/C33H35N3O3S/c37-31-9-5-7-29(35-31)33(38)34-25-14-12-24(13-15-25)32-28(27-6-1-2-8-30(27)40-32)22-23-10-16-26(17-11-23)39-21-20-36-18-3-4-19-36/h1-2,6,8,10-17,29H,3-5,7,9,18-22H2,(H,34,38)(H,35,37). The molecule has 3 heterocycles. The third kappa shape index (κ3) is 6.21. The Hall–Kier alpha value is -3.68. The molecule has 0 spiro atoms. The second-order valence-electron chi connectivity index (χ2n) is 10.7. The van der Waals surface area contributed by atoms with Crippen molar-refractivity contribution in [3.05, 3.63) is 83.9 Å². The zero-order chi connectivity index (χ0) is 27.3. The van der Waals surface area contributed by atoms with Gasteiger partial charge in [-0.3, -0.25) is 14.5 Å². The minimum atomic E-state index is -0.461. The van der Waals surface area contributed by atoms with Gasteiger partial charge in [-0.1, -0.05) is 42.5 Å². The van der Waals surface area contributed by atoms with E-state index in [4.69, 9.17) is 4.74 Å². The van der Waals surface area contributed by atoms with E-state index in [1.165, 1.54) is 52.0 Å². The van der Waals surface area contributed by atoms with E-state index in [0.29, 0.717) is 12.8 Å². The summed E-state index contributed by atoms with van der Waals surface area (Å²) in [6.07, 6.45) is 5.34. The Morgan fingerprint density at radius 3 is 2.52 bits per heavy atom. The van der Waals surface area contributed by atoms with Gasteiger partial charge in [-0.05, 0) is 97.6 Å². The number of piperidine rings is 1. The number of amides is 2. The normalized spacial score (nSPS) is 17.6. The molecule has 3 aromatic carbocycles. The molecule has 4 aromatic rings. The van der Waals surface area contributed by atoms with Crippen LogP contribution in [0, 0.1) is 0 Å². The molecule has 2 saturated heterocycles. The molecule has 2 aliphatic heterocycles. The Balaban J connectivity index is 1.16. The quantitative estimate of drug-likeness (QED) is 0.257. The van der Waals surface area contributed by atoms with Crippen molar-refractivity contribution in [3.8, 4) is 16.2 Å². The number of carbonyl (C=O) groups excluding carboxylic acids is 2. The fraction of sp³-hybridized carbons (Fsp3) is 0.333. The maximum Gasteiger partial charge on any atom is 0.246 e. The van der Waals surface area contributed by atoms with Gasteiger partial charge in [0.05, 0.1) is 0 Å². The summed E-state index contributed by atoms with van der Waals surface area (Å²) in [7, 11) is 0. The summed E-state index contributed by atoms with van der Waals surface area (Å²) in [6.45, 7) is 4.10. The lowest BCUT2D eigenvalue weighted by atomic mass is 9.98. The van der Waals surface area contributed by atoms with Crippen molar-refractivity contribution in [2.24, 2.45) is 0 Å². The van der Waals surface area contributed by atoms with Gasteiger partial charge < -0.3 is 15.4 Å². The molecule has 6 nitrogen and oxygen atoms in total. The summed E-state index contributed by atoms with van der Waals surface area (Å²) < 4.78 is 7.28. The molecule has 2 aliphatic rings. The lowest BCUT2D eigenvalue weighted by molar-refractivity contribution is -0.128. The highest BCUT2D eigenvalue weighted by Crippen LogP contribution is 2.40. The number of carbonyl (C=O) groups is 2. The van der Waals surface area contributed by atoms with Gasteiger partial charge in [0.25, 0.3) is 0 Å². The maximum absolute atomic E-state index is 12.7. The third-order valence-electron chi connectivity index (χ3n) is 7.84. The number of nitrogens with zero attached hydrogens (tertiary/aromatic N) is 1. The average molecular weight is 554 g/mol. The summed E-state index contributed by atoms with van der Waals surface area (Å²) in [5.41, 5.74) is 4.42. The number of benzene rings is 3. The van der Waals surface area contributed by atoms with Crippen molar-refractivity contribution in [2.75, 3.05) is 31.6 Å². The van der Waals surface area contributed by atoms with E-state index in [0.717, 1.165) is 43.0 Å². The number of ether oxygens (including phenoxy) is 1. The molecule has 1 atom stereocenters. The molecule has 1 aromatic heterocycles. The second kappa shape index (κ2) is 12.2. The predicted octanol–water partition coefficient (Wildman–Crippen LogP) is 6.24. The minimum Gasteiger partial charge on any atom is -0.492 e. The predicted molar refractivity (Wildman–Crippen MR) is 162 cm³/mol. The van der Waals surface area contributed by atoms with Gasteiger partial charge in [-0.15, -0.1) is 11.3 Å². The first-order valence-electron chi connectivity index (χ1n) is 14.3. The second-order valence-corrected chi connectivity index (χ2v) is 11.8. The van der Waals surface area contributed by atoms with Crippen molar-refractivity contribution in [3.63, 3.8) is 0 Å². The third-order valence-corrected chi connectivity index (χ3v) is 9.10. The number of hydrogen-bond donors (Lipinski definition) is 2. The Morgan fingerprint density at radius 2 is 1.75 bits per heavy atom. The van der Waals surface area contributed by atoms with Crippen molar-refractivity contribution in [1.29, 1.82) is 0 Å². The van der Waals surface area contributed by atoms with Crippen LogP contribution in [0.4, 0.5) is 5.69 Å². The van der Waals surface area contributed by atoms with Crippen molar-refractivity contribution in [2.45, 2.75) is 44.6 Å². The lowest BCUT2D eigenvalue weighted by Crippen LogP contribution is -2.46. The van der Waals surface area contributed by atoms with E-state index in [-0.39, 0.29) is 11.8 Å². The van der Waals surface area contributed by atoms with E-state index in [1.54, 1.807) is 11.3 Å². The number of rotatable bonds is 9. The largest absolute Gasteiger partial charge is 0.492 e. The summed E-state index contributed by atoms with van der Waals surface area (Å²) in [4.78, 5) is 28.0. The van der Waals surface area contributed by atoms with Crippen molar-refractivity contribution in [1.82, 2.24) is 10.2 Å². The number of hydrogen-bond acceptors (Lipinski definition) is 5. The van der Waals surface area contributed by atoms with Gasteiger partial charge in [-0.2, -0.15) is 0 Å². The van der Waals surface area contributed by atoms with Gasteiger partial charge >= 0.3 is 0 Å². The molecule has 0 radical (unpaired) electrons. The van der Waals surface area contributed by atoms with E-state index >= 15 is 0 Å². The van der Waals surface area contributed by atoms with Gasteiger partial charge in [0.1, 0.15) is 18.4 Å². The summed E-state index contributed by atoms with van der Waals surface area (Å²) in [6, 6.07) is 24.6. The van der Waals surface area contributed by atoms with Gasteiger partial charge in [-0.25, -0.2) is 0 Å². The highest BCUT2D eigenvalue weighted by Gasteiger charge is 2.24. The fourth-order valence-corrected chi connectivity index (χ4v) is 6.88. The first kappa shape index (κ1) is 26.5. The molecule has 206 valence electrons. The van der Waals surface area contributed by atoms with E-state index in [1.807, 2.05) is 12.1 Å². The van der Waals surface area contributed by atoms with Gasteiger partial charge in [0.15, 0.2) is 0 Å². The van der Waals surface area contributed by atoms with Crippen LogP contribution in [0.15, 0.2) is 72.8 Å². The van der Waals surface area contributed by atoms with Crippen LogP contribution >= 0.6 is 11.3 Å². The van der Waals surface area contributed by atoms with Crippen LogP contribution in [0.25, 0.3) is 20.5 Å². The molecular weight excluding hydrogens is 518 g/mol. The van der Waals surface area contributed by atoms with Gasteiger partial charge in [0, 0.05) is 28.2 Å². The first-order valence-corrected chi connectivity index (χ1v) is 15.1. The molecule has 0 bridgehead atoms. The lowest BCUT2D eigenvalue weighted by Gasteiger charge is -2.22. The van der Waals surface area contributed by atoms with Crippen LogP contribution in [-0.2, 0) is 16.0 Å². The molecule has 2 amide bonds. The van der Waals surface area contributed by atoms with Crippen LogP contribution in [0.3, 0.4) is 0 Å². The smallest absolute Gasteiger partial charge is 0.246 e. The molecule has 2 fully saturated rings. The van der Waals surface area contributed by atoms with E-state index < -0.39 is 6.04 Å². The fourth-order valence-electron chi connectivity index (χ4n) is 5.65. The average Bonchev–Trinajstić information content (AvgIpc) is 3.63. The van der Waals surface area contributed by atoms with Crippen LogP contribution in [0.5, 0.6) is 5.75 Å². The monoisotopic (exact) mass is 553 g/mol. The minimum absolute atomic E-state index is 0.0567. The molecule has 2 N–H and O–H groups in total. The van der Waals surface area contributed by atoms with E-state index in [2.05, 4.69) is 76.2 Å². The van der Waals surface area contributed by atoms with Crippen LogP contribution in [0.2, 0.25) is 0 Å². The number of anilines is 1. The number of nitrogens with one attached hydrogen (secondary N) is 2. The van der Waals surface area contributed by atoms with E-state index in [9.17, 15) is 9.59 Å². The van der Waals surface area contributed by atoms with Crippen LogP contribution < -0.4 is 15.4 Å². The highest BCUT2D eigenvalue weighted by atomic mass is 32.1. The zero-order valence-corrected chi connectivity index (χ0v) is 23.5. The van der Waals surface area contributed by atoms with Crippen LogP contribution in [-0.4, -0.2) is 49.0 Å². The van der Waals surface area contributed by atoms with Crippen molar-refractivity contribution < 1.29 is 14.3 Å². The number of thiophene rings is 1. The highest BCUT2D eigenvalue weighted by molar-refractivity contribution is 7.22. The molecule has 7 heteroatoms. The van der Waals surface area contributed by atoms with Gasteiger partial charge in [0.2, 0.25) is 11.8 Å². The molecule has 0 saturated carbocycles. The SMILES string of the molecule is O=C1CCCC(C(=O)Nc2ccc(-c3sc4ccccc4c3Cc3ccc(OCCN4CCCC4)cc3)cc2)N1. The number of likely N-dealkylation sites (tertiary alicyclic amines) is 1. The van der Waals surface area contributed by atoms with Crippen LogP contribution in [0.1, 0.15) is 43.2 Å². The first-order chi connectivity index (χ1) is 19.6. The Labute approximate surface area is 239 Å². The summed E-state index contributed by atoms with van der Waals surface area (Å²) >= 11 is 1.80. The topological polar surface area (TPSA) is 70.7 Å². The molecule has 0 aliphatic carbocycles. The maximum atomic E-state index is 12.7. The molecular formula is C33H35N3O3S. The molecule has 6 rings (SSSR count). The van der Waals surface area contributed by atoms with Crippen molar-refractivity contribution >= 4 is 38.9 Å². The Kier molecular flexibility index (Phi) is 8.11. The molecule has 40 heavy (non-hydrogen) atoms.